The molecule has 0 spiro atoms. The number of anilines is 1. The Morgan fingerprint density at radius 2 is 1.74 bits per heavy atom. The second kappa shape index (κ2) is 10.1. The third-order valence-electron chi connectivity index (χ3n) is 5.81. The molecule has 0 fully saturated rings. The molecule has 182 valence electrons. The molecule has 1 aromatic heterocycles. The minimum Gasteiger partial charge on any atom is -0.495 e. The van der Waals surface area contributed by atoms with Gasteiger partial charge in [0.1, 0.15) is 17.4 Å². The molecule has 4 nitrogen and oxygen atoms in total. The summed E-state index contributed by atoms with van der Waals surface area (Å²) in [4.78, 5) is 8.19. The number of nitrogens with zero attached hydrogens (tertiary/aromatic N) is 1. The average molecular weight is 534 g/mol. The lowest BCUT2D eigenvalue weighted by molar-refractivity contribution is 0.413. The zero-order chi connectivity index (χ0) is 25.3. The summed E-state index contributed by atoms with van der Waals surface area (Å²) in [5.74, 6) is -0.00366. The minimum absolute atomic E-state index is 0.246. The van der Waals surface area contributed by atoms with E-state index in [1.54, 1.807) is 25.3 Å². The Kier molecular flexibility index (Phi) is 7.31. The van der Waals surface area contributed by atoms with Crippen LogP contribution in [0.1, 0.15) is 30.7 Å². The SMILES string of the molecule is COc1cc(C(C)(C)c2[nH]c(SCc3c(F)cc(N)cc3Cl)nc2-c2ccc(F)cc2)ccc1Cl. The van der Waals surface area contributed by atoms with E-state index in [0.717, 1.165) is 16.8 Å². The van der Waals surface area contributed by atoms with Gasteiger partial charge in [-0.05, 0) is 54.1 Å². The van der Waals surface area contributed by atoms with Crippen molar-refractivity contribution in [3.05, 3.63) is 93.1 Å². The number of thioether (sulfide) groups is 1. The van der Waals surface area contributed by atoms with Crippen LogP contribution in [-0.2, 0) is 11.2 Å². The summed E-state index contributed by atoms with van der Waals surface area (Å²) in [6.45, 7) is 4.09. The van der Waals surface area contributed by atoms with Gasteiger partial charge in [-0.25, -0.2) is 13.8 Å². The van der Waals surface area contributed by atoms with E-state index in [0.29, 0.717) is 27.2 Å². The molecule has 0 aliphatic rings. The molecule has 0 unspecified atom stereocenters. The van der Waals surface area contributed by atoms with Crippen molar-refractivity contribution in [3.63, 3.8) is 0 Å². The molecule has 0 saturated carbocycles. The predicted molar refractivity (Wildman–Crippen MR) is 139 cm³/mol. The van der Waals surface area contributed by atoms with Gasteiger partial charge in [-0.15, -0.1) is 0 Å². The van der Waals surface area contributed by atoms with Gasteiger partial charge in [0.2, 0.25) is 0 Å². The topological polar surface area (TPSA) is 63.9 Å². The molecule has 35 heavy (non-hydrogen) atoms. The van der Waals surface area contributed by atoms with Crippen molar-refractivity contribution in [2.75, 3.05) is 12.8 Å². The van der Waals surface area contributed by atoms with Crippen LogP contribution in [0.3, 0.4) is 0 Å². The van der Waals surface area contributed by atoms with Crippen molar-refractivity contribution in [1.29, 1.82) is 0 Å². The summed E-state index contributed by atoms with van der Waals surface area (Å²) in [5.41, 5.74) is 8.87. The van der Waals surface area contributed by atoms with Crippen LogP contribution >= 0.6 is 35.0 Å². The van der Waals surface area contributed by atoms with E-state index in [1.807, 2.05) is 26.0 Å². The van der Waals surface area contributed by atoms with Crippen LogP contribution in [0.2, 0.25) is 10.0 Å². The zero-order valence-corrected chi connectivity index (χ0v) is 21.6. The molecule has 0 aliphatic heterocycles. The number of hydrogen-bond donors (Lipinski definition) is 2. The van der Waals surface area contributed by atoms with E-state index < -0.39 is 11.2 Å². The summed E-state index contributed by atoms with van der Waals surface area (Å²) in [6, 6.07) is 14.5. The first kappa shape index (κ1) is 25.4. The highest BCUT2D eigenvalue weighted by Crippen LogP contribution is 2.41. The first-order chi connectivity index (χ1) is 16.6. The molecule has 0 saturated heterocycles. The second-order valence-corrected chi connectivity index (χ2v) is 10.3. The van der Waals surface area contributed by atoms with Crippen LogP contribution in [0, 0.1) is 11.6 Å². The Bertz CT molecular complexity index is 1350. The van der Waals surface area contributed by atoms with Gasteiger partial charge >= 0.3 is 0 Å². The molecular formula is C26H23Cl2F2N3OS. The molecule has 0 aliphatic carbocycles. The van der Waals surface area contributed by atoms with Crippen LogP contribution in [0.25, 0.3) is 11.3 Å². The lowest BCUT2D eigenvalue weighted by atomic mass is 9.79. The lowest BCUT2D eigenvalue weighted by Crippen LogP contribution is -2.20. The maximum atomic E-state index is 14.4. The molecule has 1 heterocycles. The number of halogens is 4. The van der Waals surface area contributed by atoms with Gasteiger partial charge in [0.25, 0.3) is 0 Å². The Morgan fingerprint density at radius 3 is 2.40 bits per heavy atom. The number of imidazole rings is 1. The van der Waals surface area contributed by atoms with Crippen molar-refractivity contribution >= 4 is 40.7 Å². The molecule has 0 radical (unpaired) electrons. The normalized spacial score (nSPS) is 11.6. The molecule has 4 rings (SSSR count). The lowest BCUT2D eigenvalue weighted by Gasteiger charge is -2.26. The first-order valence-electron chi connectivity index (χ1n) is 10.7. The highest BCUT2D eigenvalue weighted by molar-refractivity contribution is 7.98. The number of rotatable bonds is 7. The number of ether oxygens (including phenoxy) is 1. The zero-order valence-electron chi connectivity index (χ0n) is 19.3. The molecule has 3 aromatic carbocycles. The fraction of sp³-hybridized carbons (Fsp3) is 0.192. The number of H-pyrrole nitrogens is 1. The predicted octanol–water partition coefficient (Wildman–Crippen LogP) is 7.87. The third kappa shape index (κ3) is 5.27. The number of benzene rings is 3. The Morgan fingerprint density at radius 1 is 1.03 bits per heavy atom. The van der Waals surface area contributed by atoms with Crippen LogP contribution in [0.4, 0.5) is 14.5 Å². The van der Waals surface area contributed by atoms with E-state index in [4.69, 9.17) is 38.7 Å². The molecule has 0 bridgehead atoms. The number of nitrogens with one attached hydrogen (secondary N) is 1. The molecule has 0 atom stereocenters. The van der Waals surface area contributed by atoms with E-state index in [-0.39, 0.29) is 22.3 Å². The third-order valence-corrected chi connectivity index (χ3v) is 7.36. The number of nitrogens with two attached hydrogens (primary N) is 1. The van der Waals surface area contributed by atoms with Gasteiger partial charge < -0.3 is 15.5 Å². The van der Waals surface area contributed by atoms with E-state index in [9.17, 15) is 8.78 Å². The average Bonchev–Trinajstić information content (AvgIpc) is 3.24. The summed E-state index contributed by atoms with van der Waals surface area (Å²) < 4.78 is 33.5. The maximum absolute atomic E-state index is 14.4. The first-order valence-corrected chi connectivity index (χ1v) is 12.4. The van der Waals surface area contributed by atoms with Gasteiger partial charge in [-0.1, -0.05) is 54.9 Å². The Labute approximate surface area is 216 Å². The van der Waals surface area contributed by atoms with Crippen LogP contribution < -0.4 is 10.5 Å². The van der Waals surface area contributed by atoms with E-state index in [2.05, 4.69) is 4.98 Å². The van der Waals surface area contributed by atoms with Crippen molar-refractivity contribution in [2.45, 2.75) is 30.2 Å². The molecule has 3 N–H and O–H groups in total. The molecule has 4 aromatic rings. The van der Waals surface area contributed by atoms with Crippen molar-refractivity contribution in [3.8, 4) is 17.0 Å². The highest BCUT2D eigenvalue weighted by Gasteiger charge is 2.31. The van der Waals surface area contributed by atoms with E-state index >= 15 is 0 Å². The van der Waals surface area contributed by atoms with Gasteiger partial charge in [0.15, 0.2) is 5.16 Å². The van der Waals surface area contributed by atoms with Gasteiger partial charge in [0, 0.05) is 33.0 Å². The number of hydrogen-bond acceptors (Lipinski definition) is 4. The largest absolute Gasteiger partial charge is 0.495 e. The second-order valence-electron chi connectivity index (χ2n) is 8.50. The van der Waals surface area contributed by atoms with Crippen molar-refractivity contribution in [1.82, 2.24) is 9.97 Å². The summed E-state index contributed by atoms with van der Waals surface area (Å²) in [7, 11) is 1.56. The maximum Gasteiger partial charge on any atom is 0.166 e. The smallest absolute Gasteiger partial charge is 0.166 e. The fourth-order valence-electron chi connectivity index (χ4n) is 3.78. The number of nitrogen functional groups attached to an aromatic ring is 1. The summed E-state index contributed by atoms with van der Waals surface area (Å²) >= 11 is 13.8. The van der Waals surface area contributed by atoms with Gasteiger partial charge in [-0.2, -0.15) is 0 Å². The number of aromatic amines is 1. The standard InChI is InChI=1S/C26H23Cl2F2N3OS/c1-26(2,15-6-9-19(27)22(10-15)34-3)24-23(14-4-7-16(29)8-5-14)32-25(33-24)35-13-18-20(28)11-17(31)12-21(18)30/h4-12H,13,31H2,1-3H3,(H,32,33). The van der Waals surface area contributed by atoms with Crippen LogP contribution in [0.5, 0.6) is 5.75 Å². The number of aromatic nitrogens is 2. The summed E-state index contributed by atoms with van der Waals surface area (Å²) in [5, 5.41) is 1.34. The molecule has 0 amide bonds. The van der Waals surface area contributed by atoms with Gasteiger partial charge in [-0.3, -0.25) is 0 Å². The fourth-order valence-corrected chi connectivity index (χ4v) is 5.24. The Balaban J connectivity index is 1.76. The highest BCUT2D eigenvalue weighted by atomic mass is 35.5. The molecular weight excluding hydrogens is 511 g/mol. The van der Waals surface area contributed by atoms with Crippen LogP contribution in [-0.4, -0.2) is 17.1 Å². The Hall–Kier alpha value is -2.74. The van der Waals surface area contributed by atoms with Crippen LogP contribution in [0.15, 0.2) is 59.8 Å². The van der Waals surface area contributed by atoms with Crippen molar-refractivity contribution in [2.24, 2.45) is 0 Å². The summed E-state index contributed by atoms with van der Waals surface area (Å²) in [6.07, 6.45) is 0. The minimum atomic E-state index is -0.558. The number of methoxy groups -OCH3 is 1. The van der Waals surface area contributed by atoms with Gasteiger partial charge in [0.05, 0.1) is 23.5 Å². The molecule has 9 heteroatoms. The van der Waals surface area contributed by atoms with E-state index in [1.165, 1.54) is 36.0 Å². The monoisotopic (exact) mass is 533 g/mol. The van der Waals surface area contributed by atoms with Crippen molar-refractivity contribution < 1.29 is 13.5 Å². The quantitative estimate of drug-likeness (QED) is 0.187.